The van der Waals surface area contributed by atoms with Gasteiger partial charge in [-0.1, -0.05) is 18.2 Å². The Labute approximate surface area is 186 Å². The fraction of sp³-hybridized carbons (Fsp3) is 0.360. The van der Waals surface area contributed by atoms with Crippen LogP contribution in [-0.4, -0.2) is 33.4 Å². The highest BCUT2D eigenvalue weighted by Gasteiger charge is 2.25. The van der Waals surface area contributed by atoms with Gasteiger partial charge in [-0.2, -0.15) is 0 Å². The minimum absolute atomic E-state index is 0.0705. The second-order valence-corrected chi connectivity index (χ2v) is 9.45. The van der Waals surface area contributed by atoms with Crippen LogP contribution in [0.15, 0.2) is 47.8 Å². The molecule has 1 aliphatic rings. The van der Waals surface area contributed by atoms with Crippen molar-refractivity contribution < 1.29 is 4.79 Å². The van der Waals surface area contributed by atoms with Crippen LogP contribution in [0.4, 0.5) is 5.69 Å². The average Bonchev–Trinajstić information content (AvgIpc) is 3.34. The Morgan fingerprint density at radius 1 is 1.13 bits per heavy atom. The van der Waals surface area contributed by atoms with Gasteiger partial charge in [0.15, 0.2) is 0 Å². The van der Waals surface area contributed by atoms with Gasteiger partial charge in [-0.25, -0.2) is 4.98 Å². The third kappa shape index (κ3) is 3.98. The molecule has 31 heavy (non-hydrogen) atoms. The average molecular weight is 433 g/mol. The smallest absolute Gasteiger partial charge is 0.227 e. The van der Waals surface area contributed by atoms with Crippen LogP contribution in [-0.2, 0) is 17.9 Å². The summed E-state index contributed by atoms with van der Waals surface area (Å²) in [7, 11) is 0. The lowest BCUT2D eigenvalue weighted by atomic mass is 9.95. The topological polar surface area (TPSA) is 50.2 Å². The molecule has 4 aromatic rings. The number of carbonyl (C=O) groups is 1. The molecule has 1 fully saturated rings. The summed E-state index contributed by atoms with van der Waals surface area (Å²) < 4.78 is 2.33. The predicted octanol–water partition coefficient (Wildman–Crippen LogP) is 5.43. The first-order valence-electron chi connectivity index (χ1n) is 11.1. The standard InChI is InChI=1S/C25H28N4OS/c1-3-29-23-7-5-4-6-21(23)22-14-19(8-9-24(22)29)27-25(30)18-10-12-28(13-11-18)15-20-16-31-17(2)26-20/h4-9,14,16,18H,3,10-13,15H2,1-2H3,(H,27,30). The molecule has 6 heteroatoms. The quantitative estimate of drug-likeness (QED) is 0.457. The molecule has 0 bridgehead atoms. The normalized spacial score (nSPS) is 15.7. The number of amides is 1. The lowest BCUT2D eigenvalue weighted by molar-refractivity contribution is -0.121. The zero-order valence-electron chi connectivity index (χ0n) is 18.1. The Morgan fingerprint density at radius 3 is 2.65 bits per heavy atom. The molecule has 2 aromatic heterocycles. The number of thiazole rings is 1. The Bertz CT molecular complexity index is 1230. The van der Waals surface area contributed by atoms with Crippen molar-refractivity contribution in [2.45, 2.75) is 39.8 Å². The highest BCUT2D eigenvalue weighted by atomic mass is 32.1. The number of carbonyl (C=O) groups excluding carboxylic acids is 1. The number of hydrogen-bond donors (Lipinski definition) is 1. The number of benzene rings is 2. The molecule has 2 aromatic carbocycles. The Hall–Kier alpha value is -2.70. The molecule has 160 valence electrons. The highest BCUT2D eigenvalue weighted by molar-refractivity contribution is 7.09. The molecule has 1 N–H and O–H groups in total. The molecule has 1 saturated heterocycles. The number of piperidine rings is 1. The summed E-state index contributed by atoms with van der Waals surface area (Å²) in [6.07, 6.45) is 1.79. The van der Waals surface area contributed by atoms with Crippen LogP contribution in [0, 0.1) is 12.8 Å². The van der Waals surface area contributed by atoms with Gasteiger partial charge in [0, 0.05) is 51.9 Å². The van der Waals surface area contributed by atoms with Gasteiger partial charge in [-0.3, -0.25) is 9.69 Å². The number of nitrogens with one attached hydrogen (secondary N) is 1. The van der Waals surface area contributed by atoms with Crippen molar-refractivity contribution in [1.29, 1.82) is 0 Å². The first kappa shape index (κ1) is 20.2. The zero-order valence-corrected chi connectivity index (χ0v) is 18.9. The fourth-order valence-corrected chi connectivity index (χ4v) is 5.38. The maximum absolute atomic E-state index is 13.0. The number of aromatic nitrogens is 2. The minimum Gasteiger partial charge on any atom is -0.341 e. The van der Waals surface area contributed by atoms with Crippen LogP contribution < -0.4 is 5.32 Å². The molecule has 0 radical (unpaired) electrons. The summed E-state index contributed by atoms with van der Waals surface area (Å²) in [5, 5.41) is 8.87. The van der Waals surface area contributed by atoms with E-state index >= 15 is 0 Å². The zero-order chi connectivity index (χ0) is 21.4. The van der Waals surface area contributed by atoms with Gasteiger partial charge in [0.2, 0.25) is 5.91 Å². The molecular weight excluding hydrogens is 404 g/mol. The van der Waals surface area contributed by atoms with E-state index in [1.54, 1.807) is 11.3 Å². The second kappa shape index (κ2) is 8.44. The number of anilines is 1. The van der Waals surface area contributed by atoms with Crippen LogP contribution in [0.3, 0.4) is 0 Å². The van der Waals surface area contributed by atoms with Crippen LogP contribution in [0.1, 0.15) is 30.5 Å². The van der Waals surface area contributed by atoms with E-state index in [4.69, 9.17) is 0 Å². The maximum Gasteiger partial charge on any atom is 0.227 e. The van der Waals surface area contributed by atoms with Gasteiger partial charge in [-0.15, -0.1) is 11.3 Å². The van der Waals surface area contributed by atoms with E-state index in [-0.39, 0.29) is 11.8 Å². The SMILES string of the molecule is CCn1c2ccccc2c2cc(NC(=O)C3CCN(Cc4csc(C)n4)CC3)ccc21. The molecule has 5 nitrogen and oxygen atoms in total. The van der Waals surface area contributed by atoms with E-state index in [1.165, 1.54) is 21.8 Å². The monoisotopic (exact) mass is 432 g/mol. The molecule has 3 heterocycles. The highest BCUT2D eigenvalue weighted by Crippen LogP contribution is 2.31. The van der Waals surface area contributed by atoms with Crippen molar-refractivity contribution in [3.05, 3.63) is 58.5 Å². The number of fused-ring (bicyclic) bond motifs is 3. The van der Waals surface area contributed by atoms with Crippen molar-refractivity contribution >= 4 is 44.7 Å². The first-order chi connectivity index (χ1) is 15.1. The summed E-state index contributed by atoms with van der Waals surface area (Å²) in [4.78, 5) is 19.9. The molecule has 0 unspecified atom stereocenters. The van der Waals surface area contributed by atoms with Crippen molar-refractivity contribution in [3.8, 4) is 0 Å². The summed E-state index contributed by atoms with van der Waals surface area (Å²) >= 11 is 1.70. The first-order valence-corrected chi connectivity index (χ1v) is 12.0. The predicted molar refractivity (Wildman–Crippen MR) is 129 cm³/mol. The maximum atomic E-state index is 13.0. The van der Waals surface area contributed by atoms with Gasteiger partial charge in [0.1, 0.15) is 0 Å². The lowest BCUT2D eigenvalue weighted by Crippen LogP contribution is -2.37. The summed E-state index contributed by atoms with van der Waals surface area (Å²) in [6.45, 7) is 7.91. The summed E-state index contributed by atoms with van der Waals surface area (Å²) in [6, 6.07) is 14.8. The van der Waals surface area contributed by atoms with Crippen molar-refractivity contribution in [2.75, 3.05) is 18.4 Å². The van der Waals surface area contributed by atoms with Gasteiger partial charge in [0.05, 0.1) is 10.7 Å². The van der Waals surface area contributed by atoms with Crippen LogP contribution in [0.2, 0.25) is 0 Å². The summed E-state index contributed by atoms with van der Waals surface area (Å²) in [5.41, 5.74) is 4.49. The molecular formula is C25H28N4OS. The third-order valence-corrected chi connectivity index (χ3v) is 7.19. The summed E-state index contributed by atoms with van der Waals surface area (Å²) in [5.74, 6) is 0.212. The third-order valence-electron chi connectivity index (χ3n) is 6.37. The lowest BCUT2D eigenvalue weighted by Gasteiger charge is -2.30. The molecule has 0 spiro atoms. The van der Waals surface area contributed by atoms with Gasteiger partial charge >= 0.3 is 0 Å². The number of aryl methyl sites for hydroxylation is 2. The van der Waals surface area contributed by atoms with Crippen molar-refractivity contribution in [1.82, 2.24) is 14.5 Å². The number of para-hydroxylation sites is 1. The number of likely N-dealkylation sites (tertiary alicyclic amines) is 1. The van der Waals surface area contributed by atoms with Crippen LogP contribution >= 0.6 is 11.3 Å². The van der Waals surface area contributed by atoms with E-state index in [1.807, 2.05) is 13.0 Å². The van der Waals surface area contributed by atoms with E-state index < -0.39 is 0 Å². The number of hydrogen-bond acceptors (Lipinski definition) is 4. The fourth-order valence-electron chi connectivity index (χ4n) is 4.78. The Kier molecular flexibility index (Phi) is 5.50. The molecule has 1 aliphatic heterocycles. The van der Waals surface area contributed by atoms with E-state index in [9.17, 15) is 4.79 Å². The number of rotatable bonds is 5. The molecule has 0 saturated carbocycles. The van der Waals surface area contributed by atoms with Crippen molar-refractivity contribution in [3.63, 3.8) is 0 Å². The van der Waals surface area contributed by atoms with E-state index in [0.717, 1.165) is 55.4 Å². The largest absolute Gasteiger partial charge is 0.341 e. The van der Waals surface area contributed by atoms with Gasteiger partial charge < -0.3 is 9.88 Å². The molecule has 0 atom stereocenters. The van der Waals surface area contributed by atoms with Crippen LogP contribution in [0.25, 0.3) is 21.8 Å². The molecule has 1 amide bonds. The Balaban J connectivity index is 1.27. The Morgan fingerprint density at radius 2 is 1.90 bits per heavy atom. The number of nitrogens with zero attached hydrogens (tertiary/aromatic N) is 3. The van der Waals surface area contributed by atoms with Gasteiger partial charge in [0.25, 0.3) is 0 Å². The molecule has 5 rings (SSSR count). The van der Waals surface area contributed by atoms with E-state index in [0.29, 0.717) is 0 Å². The molecule has 0 aliphatic carbocycles. The van der Waals surface area contributed by atoms with Crippen LogP contribution in [0.5, 0.6) is 0 Å². The van der Waals surface area contributed by atoms with E-state index in [2.05, 4.69) is 68.5 Å². The van der Waals surface area contributed by atoms with Gasteiger partial charge in [-0.05, 0) is 64.0 Å². The van der Waals surface area contributed by atoms with Crippen molar-refractivity contribution in [2.24, 2.45) is 5.92 Å². The minimum atomic E-state index is 0.0705. The second-order valence-electron chi connectivity index (χ2n) is 8.39.